The van der Waals surface area contributed by atoms with Crippen molar-refractivity contribution in [3.8, 4) is 17.6 Å². The van der Waals surface area contributed by atoms with Crippen LogP contribution in [0.3, 0.4) is 0 Å². The number of hydrogen-bond acceptors (Lipinski definition) is 4. The van der Waals surface area contributed by atoms with Gasteiger partial charge in [0.15, 0.2) is 0 Å². The molecule has 0 saturated carbocycles. The molecule has 0 bridgehead atoms. The summed E-state index contributed by atoms with van der Waals surface area (Å²) < 4.78 is 7.39. The highest BCUT2D eigenvalue weighted by molar-refractivity contribution is 5.36. The molecule has 5 nitrogen and oxygen atoms in total. The van der Waals surface area contributed by atoms with Crippen molar-refractivity contribution in [2.75, 3.05) is 13.2 Å². The second-order valence-electron chi connectivity index (χ2n) is 3.80. The molecule has 2 aromatic heterocycles. The molecular weight excluding hydrogens is 242 g/mol. The second-order valence-corrected chi connectivity index (χ2v) is 3.80. The second kappa shape index (κ2) is 7.19. The van der Waals surface area contributed by atoms with Gasteiger partial charge in [0, 0.05) is 30.6 Å². The van der Waals surface area contributed by atoms with Crippen LogP contribution in [0, 0.1) is 11.8 Å². The van der Waals surface area contributed by atoms with Crippen molar-refractivity contribution < 1.29 is 9.84 Å². The first-order valence-corrected chi connectivity index (χ1v) is 6.03. The highest BCUT2D eigenvalue weighted by Crippen LogP contribution is 2.10. The molecule has 19 heavy (non-hydrogen) atoms. The van der Waals surface area contributed by atoms with Crippen molar-refractivity contribution in [3.05, 3.63) is 42.5 Å². The van der Waals surface area contributed by atoms with Crippen LogP contribution >= 0.6 is 0 Å². The van der Waals surface area contributed by atoms with Crippen LogP contribution in [-0.4, -0.2) is 33.1 Å². The summed E-state index contributed by atoms with van der Waals surface area (Å²) in [6, 6.07) is 3.71. The summed E-state index contributed by atoms with van der Waals surface area (Å²) in [7, 11) is 0. The molecule has 5 heteroatoms. The summed E-state index contributed by atoms with van der Waals surface area (Å²) in [5, 5.41) is 12.7. The van der Waals surface area contributed by atoms with E-state index in [2.05, 4.69) is 21.9 Å². The zero-order valence-corrected chi connectivity index (χ0v) is 10.5. The molecule has 1 N–H and O–H groups in total. The average Bonchev–Trinajstić information content (AvgIpc) is 2.93. The maximum absolute atomic E-state index is 8.65. The molecule has 0 saturated heterocycles. The van der Waals surface area contributed by atoms with Crippen LogP contribution in [0.2, 0.25) is 0 Å². The van der Waals surface area contributed by atoms with E-state index in [1.54, 1.807) is 23.3 Å². The summed E-state index contributed by atoms with van der Waals surface area (Å²) in [5.41, 5.74) is 0.782. The van der Waals surface area contributed by atoms with Gasteiger partial charge in [0.1, 0.15) is 12.4 Å². The third-order valence-corrected chi connectivity index (χ3v) is 2.33. The van der Waals surface area contributed by atoms with Crippen LogP contribution in [0.4, 0.5) is 0 Å². The number of hydrogen-bond donors (Lipinski definition) is 1. The van der Waals surface area contributed by atoms with Crippen molar-refractivity contribution in [3.63, 3.8) is 0 Å². The number of pyridine rings is 1. The van der Waals surface area contributed by atoms with Crippen molar-refractivity contribution in [1.82, 2.24) is 14.8 Å². The normalized spacial score (nSPS) is 9.74. The van der Waals surface area contributed by atoms with Crippen LogP contribution in [0.1, 0.15) is 12.0 Å². The fourth-order valence-corrected chi connectivity index (χ4v) is 1.48. The molecule has 0 amide bonds. The van der Waals surface area contributed by atoms with Crippen molar-refractivity contribution in [1.29, 1.82) is 0 Å². The SMILES string of the molecule is OCCC#Cc1cncc(OCCn2cccn2)c1. The Morgan fingerprint density at radius 2 is 2.32 bits per heavy atom. The van der Waals surface area contributed by atoms with Gasteiger partial charge in [-0.2, -0.15) is 5.10 Å². The van der Waals surface area contributed by atoms with Gasteiger partial charge in [-0.3, -0.25) is 9.67 Å². The van der Waals surface area contributed by atoms with Crippen molar-refractivity contribution >= 4 is 0 Å². The molecule has 0 fully saturated rings. The Morgan fingerprint density at radius 1 is 1.37 bits per heavy atom. The molecule has 2 heterocycles. The molecular formula is C14H15N3O2. The lowest BCUT2D eigenvalue weighted by molar-refractivity contribution is 0.290. The molecule has 0 aliphatic heterocycles. The molecule has 0 atom stereocenters. The molecule has 0 aliphatic carbocycles. The molecule has 0 aliphatic rings. The Morgan fingerprint density at radius 3 is 3.11 bits per heavy atom. The fraction of sp³-hybridized carbons (Fsp3) is 0.286. The molecule has 2 aromatic rings. The van der Waals surface area contributed by atoms with E-state index >= 15 is 0 Å². The summed E-state index contributed by atoms with van der Waals surface area (Å²) >= 11 is 0. The minimum absolute atomic E-state index is 0.0699. The highest BCUT2D eigenvalue weighted by atomic mass is 16.5. The quantitative estimate of drug-likeness (QED) is 0.815. The summed E-state index contributed by atoms with van der Waals surface area (Å²) in [5.74, 6) is 6.45. The molecule has 2 rings (SSSR count). The Labute approximate surface area is 111 Å². The Kier molecular flexibility index (Phi) is 4.96. The van der Waals surface area contributed by atoms with E-state index < -0.39 is 0 Å². The van der Waals surface area contributed by atoms with E-state index in [4.69, 9.17) is 9.84 Å². The predicted molar refractivity (Wildman–Crippen MR) is 70.5 cm³/mol. The van der Waals surface area contributed by atoms with Gasteiger partial charge in [-0.1, -0.05) is 11.8 Å². The topological polar surface area (TPSA) is 60.2 Å². The van der Waals surface area contributed by atoms with E-state index in [1.807, 2.05) is 18.3 Å². The van der Waals surface area contributed by atoms with Crippen LogP contribution < -0.4 is 4.74 Å². The number of aliphatic hydroxyl groups is 1. The summed E-state index contributed by atoms with van der Waals surface area (Å²) in [6.45, 7) is 1.28. The standard InChI is InChI=1S/C14H15N3O2/c18-8-2-1-4-13-10-14(12-15-11-13)19-9-7-17-6-3-5-16-17/h3,5-6,10-12,18H,2,7-9H2. The van der Waals surface area contributed by atoms with Crippen LogP contribution in [0.15, 0.2) is 36.9 Å². The maximum Gasteiger partial charge on any atom is 0.138 e. The van der Waals surface area contributed by atoms with Crippen LogP contribution in [0.5, 0.6) is 5.75 Å². The monoisotopic (exact) mass is 257 g/mol. The largest absolute Gasteiger partial charge is 0.490 e. The Bertz CT molecular complexity index is 556. The molecule has 0 radical (unpaired) electrons. The number of rotatable bonds is 5. The first kappa shape index (κ1) is 13.1. The number of nitrogens with zero attached hydrogens (tertiary/aromatic N) is 3. The lowest BCUT2D eigenvalue weighted by Gasteiger charge is -2.05. The van der Waals surface area contributed by atoms with Crippen molar-refractivity contribution in [2.24, 2.45) is 0 Å². The van der Waals surface area contributed by atoms with Crippen LogP contribution in [-0.2, 0) is 6.54 Å². The first-order valence-electron chi connectivity index (χ1n) is 6.03. The summed E-state index contributed by atoms with van der Waals surface area (Å²) in [4.78, 5) is 4.07. The third kappa shape index (κ3) is 4.45. The summed E-state index contributed by atoms with van der Waals surface area (Å²) in [6.07, 6.45) is 7.41. The zero-order valence-electron chi connectivity index (χ0n) is 10.5. The van der Waals surface area contributed by atoms with Gasteiger partial charge in [0.2, 0.25) is 0 Å². The van der Waals surface area contributed by atoms with E-state index in [1.165, 1.54) is 0 Å². The molecule has 0 unspecified atom stereocenters. The Hall–Kier alpha value is -2.32. The number of aromatic nitrogens is 3. The van der Waals surface area contributed by atoms with E-state index in [9.17, 15) is 0 Å². The Balaban J connectivity index is 1.87. The van der Waals surface area contributed by atoms with Gasteiger partial charge >= 0.3 is 0 Å². The van der Waals surface area contributed by atoms with Gasteiger partial charge < -0.3 is 9.84 Å². The van der Waals surface area contributed by atoms with Crippen molar-refractivity contribution in [2.45, 2.75) is 13.0 Å². The minimum atomic E-state index is 0.0699. The lowest BCUT2D eigenvalue weighted by Crippen LogP contribution is -2.08. The highest BCUT2D eigenvalue weighted by Gasteiger charge is 1.97. The molecule has 0 spiro atoms. The average molecular weight is 257 g/mol. The third-order valence-electron chi connectivity index (χ3n) is 2.33. The van der Waals surface area contributed by atoms with E-state index in [0.717, 1.165) is 5.56 Å². The van der Waals surface area contributed by atoms with Gasteiger partial charge in [-0.25, -0.2) is 0 Å². The van der Waals surface area contributed by atoms with Gasteiger partial charge in [-0.05, 0) is 12.1 Å². The van der Waals surface area contributed by atoms with Gasteiger partial charge in [0.05, 0.1) is 19.3 Å². The number of aliphatic hydroxyl groups excluding tert-OH is 1. The van der Waals surface area contributed by atoms with Crippen LogP contribution in [0.25, 0.3) is 0 Å². The first-order chi connectivity index (χ1) is 9.38. The molecule has 0 aromatic carbocycles. The number of ether oxygens (including phenoxy) is 1. The lowest BCUT2D eigenvalue weighted by atomic mass is 10.2. The van der Waals surface area contributed by atoms with E-state index in [-0.39, 0.29) is 6.61 Å². The smallest absolute Gasteiger partial charge is 0.138 e. The van der Waals surface area contributed by atoms with E-state index in [0.29, 0.717) is 25.3 Å². The zero-order chi connectivity index (χ0) is 13.3. The minimum Gasteiger partial charge on any atom is -0.490 e. The van der Waals surface area contributed by atoms with Gasteiger partial charge in [-0.15, -0.1) is 0 Å². The van der Waals surface area contributed by atoms with Gasteiger partial charge in [0.25, 0.3) is 0 Å². The maximum atomic E-state index is 8.65. The fourth-order valence-electron chi connectivity index (χ4n) is 1.48. The predicted octanol–water partition coefficient (Wildman–Crippen LogP) is 1.09. The molecule has 98 valence electrons.